The fraction of sp³-hybridized carbons (Fsp3) is 0.350. The van der Waals surface area contributed by atoms with Crippen LogP contribution in [-0.2, 0) is 11.3 Å². The first-order chi connectivity index (χ1) is 13.1. The Morgan fingerprint density at radius 3 is 2.37 bits per heavy atom. The van der Waals surface area contributed by atoms with Crippen LogP contribution in [0.25, 0.3) is 0 Å². The molecule has 7 heteroatoms. The number of ether oxygens (including phenoxy) is 4. The predicted octanol–water partition coefficient (Wildman–Crippen LogP) is 3.33. The molecule has 0 aliphatic carbocycles. The maximum absolute atomic E-state index is 13.1. The van der Waals surface area contributed by atoms with Gasteiger partial charge < -0.3 is 24.3 Å². The summed E-state index contributed by atoms with van der Waals surface area (Å²) in [4.78, 5) is 12.0. The average molecular weight is 377 g/mol. The average Bonchev–Trinajstić information content (AvgIpc) is 2.68. The van der Waals surface area contributed by atoms with E-state index in [1.165, 1.54) is 12.1 Å². The third kappa shape index (κ3) is 6.06. The van der Waals surface area contributed by atoms with Crippen LogP contribution in [0, 0.1) is 5.82 Å². The molecule has 0 bridgehead atoms. The van der Waals surface area contributed by atoms with Gasteiger partial charge in [0.25, 0.3) is 0 Å². The molecule has 146 valence electrons. The predicted molar refractivity (Wildman–Crippen MR) is 99.1 cm³/mol. The topological polar surface area (TPSA) is 66.0 Å². The van der Waals surface area contributed by atoms with Crippen molar-refractivity contribution in [3.63, 3.8) is 0 Å². The molecule has 0 spiro atoms. The molecule has 2 aromatic rings. The Kier molecular flexibility index (Phi) is 7.73. The molecule has 0 saturated heterocycles. The van der Waals surface area contributed by atoms with Gasteiger partial charge in [0.2, 0.25) is 5.91 Å². The molecule has 6 nitrogen and oxygen atoms in total. The van der Waals surface area contributed by atoms with Crippen LogP contribution in [0.1, 0.15) is 18.4 Å². The summed E-state index contributed by atoms with van der Waals surface area (Å²) in [6, 6.07) is 9.39. The van der Waals surface area contributed by atoms with Crippen LogP contribution in [0.3, 0.4) is 0 Å². The molecular weight excluding hydrogens is 353 g/mol. The zero-order valence-electron chi connectivity index (χ0n) is 15.7. The van der Waals surface area contributed by atoms with Crippen LogP contribution in [0.15, 0.2) is 36.4 Å². The van der Waals surface area contributed by atoms with Crippen LogP contribution in [0.5, 0.6) is 23.0 Å². The van der Waals surface area contributed by atoms with Gasteiger partial charge in [0, 0.05) is 30.7 Å². The van der Waals surface area contributed by atoms with Gasteiger partial charge in [-0.1, -0.05) is 6.07 Å². The maximum Gasteiger partial charge on any atom is 0.220 e. The monoisotopic (exact) mass is 377 g/mol. The van der Waals surface area contributed by atoms with Gasteiger partial charge in [0.1, 0.15) is 17.3 Å². The number of carbonyl (C=O) groups is 1. The summed E-state index contributed by atoms with van der Waals surface area (Å²) in [6.07, 6.45) is 0.816. The maximum atomic E-state index is 13.1. The van der Waals surface area contributed by atoms with Crippen molar-refractivity contribution in [3.05, 3.63) is 47.8 Å². The Labute approximate surface area is 158 Å². The number of rotatable bonds is 10. The lowest BCUT2D eigenvalue weighted by atomic mass is 10.1. The highest BCUT2D eigenvalue weighted by molar-refractivity contribution is 5.76. The summed E-state index contributed by atoms with van der Waals surface area (Å²) in [5.41, 5.74) is 0.777. The lowest BCUT2D eigenvalue weighted by Crippen LogP contribution is -2.23. The van der Waals surface area contributed by atoms with Crippen molar-refractivity contribution < 1.29 is 28.1 Å². The summed E-state index contributed by atoms with van der Waals surface area (Å²) in [5, 5.41) is 2.84. The summed E-state index contributed by atoms with van der Waals surface area (Å²) in [7, 11) is 4.65. The van der Waals surface area contributed by atoms with E-state index in [1.54, 1.807) is 45.6 Å². The second-order valence-electron chi connectivity index (χ2n) is 5.71. The van der Waals surface area contributed by atoms with E-state index in [2.05, 4.69) is 5.32 Å². The fourth-order valence-electron chi connectivity index (χ4n) is 2.49. The molecule has 1 N–H and O–H groups in total. The quantitative estimate of drug-likeness (QED) is 0.644. The zero-order chi connectivity index (χ0) is 19.6. The number of nitrogens with one attached hydrogen (secondary N) is 1. The molecule has 0 fully saturated rings. The van der Waals surface area contributed by atoms with E-state index in [9.17, 15) is 9.18 Å². The first-order valence-electron chi connectivity index (χ1n) is 8.51. The number of amides is 1. The number of halogens is 1. The van der Waals surface area contributed by atoms with Crippen LogP contribution < -0.4 is 24.3 Å². The van der Waals surface area contributed by atoms with Crippen molar-refractivity contribution in [1.82, 2.24) is 5.32 Å². The van der Waals surface area contributed by atoms with Gasteiger partial charge in [-0.25, -0.2) is 4.39 Å². The number of methoxy groups -OCH3 is 3. The van der Waals surface area contributed by atoms with Gasteiger partial charge >= 0.3 is 0 Å². The van der Waals surface area contributed by atoms with Gasteiger partial charge in [-0.05, 0) is 24.6 Å². The molecule has 1 amide bonds. The summed E-state index contributed by atoms with van der Waals surface area (Å²) in [6.45, 7) is 0.629. The normalized spacial score (nSPS) is 10.2. The molecule has 2 aromatic carbocycles. The van der Waals surface area contributed by atoms with Gasteiger partial charge in [-0.2, -0.15) is 0 Å². The van der Waals surface area contributed by atoms with E-state index in [1.807, 2.05) is 0 Å². The second-order valence-corrected chi connectivity index (χ2v) is 5.71. The molecule has 0 aliphatic heterocycles. The van der Waals surface area contributed by atoms with Gasteiger partial charge in [0.05, 0.1) is 27.9 Å². The van der Waals surface area contributed by atoms with Crippen molar-refractivity contribution in [2.24, 2.45) is 0 Å². The highest BCUT2D eigenvalue weighted by Gasteiger charge is 2.12. The number of carbonyl (C=O) groups excluding carboxylic acids is 1. The van der Waals surface area contributed by atoms with Crippen LogP contribution in [-0.4, -0.2) is 33.8 Å². The number of benzene rings is 2. The van der Waals surface area contributed by atoms with E-state index in [-0.39, 0.29) is 11.7 Å². The molecule has 0 radical (unpaired) electrons. The number of hydrogen-bond donors (Lipinski definition) is 1. The molecule has 2 rings (SSSR count). The van der Waals surface area contributed by atoms with Crippen molar-refractivity contribution in [1.29, 1.82) is 0 Å². The molecule has 0 unspecified atom stereocenters. The molecular formula is C20H24FNO5. The second kappa shape index (κ2) is 10.3. The lowest BCUT2D eigenvalue weighted by Gasteiger charge is -2.14. The van der Waals surface area contributed by atoms with E-state index in [4.69, 9.17) is 18.9 Å². The molecule has 27 heavy (non-hydrogen) atoms. The van der Waals surface area contributed by atoms with Crippen molar-refractivity contribution in [3.8, 4) is 23.0 Å². The lowest BCUT2D eigenvalue weighted by molar-refractivity contribution is -0.121. The van der Waals surface area contributed by atoms with E-state index < -0.39 is 0 Å². The standard InChI is InChI=1S/C20H24FNO5/c1-24-17-12-19(26-3)18(25-2)10-14(17)13-22-20(23)8-5-9-27-16-7-4-6-15(21)11-16/h4,6-7,10-12H,5,8-9,13H2,1-3H3,(H,22,23). The smallest absolute Gasteiger partial charge is 0.220 e. The Balaban J connectivity index is 1.81. The highest BCUT2D eigenvalue weighted by Crippen LogP contribution is 2.34. The zero-order valence-corrected chi connectivity index (χ0v) is 15.7. The molecule has 0 atom stereocenters. The van der Waals surface area contributed by atoms with E-state index >= 15 is 0 Å². The summed E-state index contributed by atoms with van der Waals surface area (Å²) in [5.74, 6) is 1.70. The third-order valence-electron chi connectivity index (χ3n) is 3.88. The van der Waals surface area contributed by atoms with Crippen LogP contribution >= 0.6 is 0 Å². The minimum absolute atomic E-state index is 0.116. The van der Waals surface area contributed by atoms with Gasteiger partial charge in [-0.3, -0.25) is 4.79 Å². The Bertz CT molecular complexity index is 766. The number of hydrogen-bond acceptors (Lipinski definition) is 5. The van der Waals surface area contributed by atoms with Crippen molar-refractivity contribution in [2.45, 2.75) is 19.4 Å². The highest BCUT2D eigenvalue weighted by atomic mass is 19.1. The first kappa shape index (κ1) is 20.4. The Morgan fingerprint density at radius 2 is 1.70 bits per heavy atom. The van der Waals surface area contributed by atoms with Crippen LogP contribution in [0.4, 0.5) is 4.39 Å². The van der Waals surface area contributed by atoms with E-state index in [0.29, 0.717) is 49.0 Å². The Morgan fingerprint density at radius 1 is 1.00 bits per heavy atom. The fourth-order valence-corrected chi connectivity index (χ4v) is 2.49. The molecule has 0 heterocycles. The summed E-state index contributed by atoms with van der Waals surface area (Å²) >= 11 is 0. The van der Waals surface area contributed by atoms with Crippen molar-refractivity contribution in [2.75, 3.05) is 27.9 Å². The molecule has 0 saturated carbocycles. The summed E-state index contributed by atoms with van der Waals surface area (Å²) < 4.78 is 34.3. The minimum atomic E-state index is -0.353. The molecule has 0 aromatic heterocycles. The third-order valence-corrected chi connectivity index (χ3v) is 3.88. The van der Waals surface area contributed by atoms with Gasteiger partial charge in [0.15, 0.2) is 11.5 Å². The SMILES string of the molecule is COc1cc(OC)c(OC)cc1CNC(=O)CCCOc1cccc(F)c1. The van der Waals surface area contributed by atoms with Crippen LogP contribution in [0.2, 0.25) is 0 Å². The Hall–Kier alpha value is -2.96. The molecule has 0 aliphatic rings. The van der Waals surface area contributed by atoms with E-state index in [0.717, 1.165) is 5.56 Å². The first-order valence-corrected chi connectivity index (χ1v) is 8.51. The minimum Gasteiger partial charge on any atom is -0.496 e. The van der Waals surface area contributed by atoms with Crippen molar-refractivity contribution >= 4 is 5.91 Å². The largest absolute Gasteiger partial charge is 0.496 e. The van der Waals surface area contributed by atoms with Gasteiger partial charge in [-0.15, -0.1) is 0 Å².